The molecule has 0 radical (unpaired) electrons. The number of likely N-dealkylation sites (tertiary alicyclic amines) is 1. The average molecular weight is 314 g/mol. The van der Waals surface area contributed by atoms with Crippen molar-refractivity contribution in [2.45, 2.75) is 57.9 Å². The zero-order chi connectivity index (χ0) is 15.8. The largest absolute Gasteiger partial charge is 0.360 e. The van der Waals surface area contributed by atoms with Gasteiger partial charge in [0.1, 0.15) is 5.76 Å². The fourth-order valence-corrected chi connectivity index (χ4v) is 3.86. The number of hydrogen-bond donors (Lipinski definition) is 1. The maximum atomic E-state index is 13.1. The first-order valence-electron chi connectivity index (χ1n) is 8.54. The minimum Gasteiger partial charge on any atom is -0.360 e. The fourth-order valence-electron chi connectivity index (χ4n) is 3.86. The number of carbonyl (C=O) groups is 1. The van der Waals surface area contributed by atoms with Gasteiger partial charge in [-0.05, 0) is 51.0 Å². The Kier molecular flexibility index (Phi) is 3.67. The van der Waals surface area contributed by atoms with Crippen molar-refractivity contribution in [1.82, 2.24) is 20.3 Å². The van der Waals surface area contributed by atoms with Crippen LogP contribution in [0.1, 0.15) is 71.2 Å². The van der Waals surface area contributed by atoms with Gasteiger partial charge in [0, 0.05) is 18.5 Å². The smallest absolute Gasteiger partial charge is 0.276 e. The lowest BCUT2D eigenvalue weighted by atomic mass is 9.94. The molecule has 122 valence electrons. The van der Waals surface area contributed by atoms with Crippen molar-refractivity contribution in [3.63, 3.8) is 0 Å². The normalized spacial score (nSPS) is 21.3. The van der Waals surface area contributed by atoms with Crippen molar-refractivity contribution in [2.24, 2.45) is 0 Å². The number of aromatic nitrogens is 3. The monoisotopic (exact) mass is 314 g/mol. The minimum atomic E-state index is 0.00981. The van der Waals surface area contributed by atoms with Crippen LogP contribution in [0.15, 0.2) is 10.7 Å². The van der Waals surface area contributed by atoms with Crippen LogP contribution in [0.3, 0.4) is 0 Å². The number of rotatable bonds is 2. The summed E-state index contributed by atoms with van der Waals surface area (Å²) in [4.78, 5) is 15.1. The summed E-state index contributed by atoms with van der Waals surface area (Å²) < 4.78 is 5.43. The minimum absolute atomic E-state index is 0.00981. The first-order valence-corrected chi connectivity index (χ1v) is 8.54. The lowest BCUT2D eigenvalue weighted by Crippen LogP contribution is -2.39. The van der Waals surface area contributed by atoms with Gasteiger partial charge in [-0.2, -0.15) is 5.10 Å². The molecule has 1 atom stereocenters. The molecule has 0 aromatic carbocycles. The van der Waals surface area contributed by atoms with Gasteiger partial charge in [-0.25, -0.2) is 0 Å². The van der Waals surface area contributed by atoms with Crippen LogP contribution in [-0.2, 0) is 12.8 Å². The maximum Gasteiger partial charge on any atom is 0.276 e. The van der Waals surface area contributed by atoms with Crippen molar-refractivity contribution >= 4 is 5.91 Å². The number of piperidine rings is 1. The molecule has 0 unspecified atom stereocenters. The number of H-pyrrole nitrogens is 1. The molecular weight excluding hydrogens is 292 g/mol. The zero-order valence-electron chi connectivity index (χ0n) is 13.5. The van der Waals surface area contributed by atoms with Crippen molar-refractivity contribution in [3.05, 3.63) is 34.5 Å². The zero-order valence-corrected chi connectivity index (χ0v) is 13.5. The van der Waals surface area contributed by atoms with Crippen molar-refractivity contribution in [2.75, 3.05) is 6.54 Å². The summed E-state index contributed by atoms with van der Waals surface area (Å²) in [6.45, 7) is 2.80. The Hall–Kier alpha value is -2.11. The third kappa shape index (κ3) is 2.46. The van der Waals surface area contributed by atoms with Crippen LogP contribution < -0.4 is 0 Å². The van der Waals surface area contributed by atoms with Gasteiger partial charge in [0.25, 0.3) is 5.91 Å². The molecule has 2 aliphatic rings. The molecule has 23 heavy (non-hydrogen) atoms. The molecule has 1 aliphatic heterocycles. The van der Waals surface area contributed by atoms with Gasteiger partial charge in [-0.1, -0.05) is 5.16 Å². The lowest BCUT2D eigenvalue weighted by molar-refractivity contribution is 0.0593. The molecule has 1 aliphatic carbocycles. The summed E-state index contributed by atoms with van der Waals surface area (Å²) >= 11 is 0. The molecule has 1 N–H and O–H groups in total. The number of fused-ring (bicyclic) bond motifs is 1. The molecule has 0 spiro atoms. The van der Waals surface area contributed by atoms with Crippen LogP contribution in [0.2, 0.25) is 0 Å². The van der Waals surface area contributed by atoms with Crippen LogP contribution in [0.5, 0.6) is 0 Å². The van der Waals surface area contributed by atoms with Gasteiger partial charge in [0.05, 0.1) is 17.9 Å². The topological polar surface area (TPSA) is 75.0 Å². The molecule has 6 nitrogen and oxygen atoms in total. The molecule has 6 heteroatoms. The van der Waals surface area contributed by atoms with Crippen LogP contribution in [0.4, 0.5) is 0 Å². The van der Waals surface area contributed by atoms with Gasteiger partial charge in [-0.15, -0.1) is 0 Å². The van der Waals surface area contributed by atoms with Crippen molar-refractivity contribution in [3.8, 4) is 0 Å². The van der Waals surface area contributed by atoms with Gasteiger partial charge in [0.2, 0.25) is 0 Å². The number of aryl methyl sites for hydroxylation is 2. The van der Waals surface area contributed by atoms with E-state index in [-0.39, 0.29) is 11.9 Å². The second-order valence-electron chi connectivity index (χ2n) is 6.62. The Bertz CT molecular complexity index is 718. The third-order valence-corrected chi connectivity index (χ3v) is 5.12. The van der Waals surface area contributed by atoms with E-state index in [0.29, 0.717) is 5.69 Å². The first kappa shape index (κ1) is 14.5. The molecule has 1 fully saturated rings. The number of hydrogen-bond acceptors (Lipinski definition) is 4. The second-order valence-corrected chi connectivity index (χ2v) is 6.62. The second kappa shape index (κ2) is 5.83. The van der Waals surface area contributed by atoms with E-state index in [2.05, 4.69) is 15.4 Å². The number of carbonyl (C=O) groups excluding carboxylic acids is 1. The van der Waals surface area contributed by atoms with Crippen LogP contribution in [-0.4, -0.2) is 32.7 Å². The summed E-state index contributed by atoms with van der Waals surface area (Å²) in [6, 6.07) is 0.0645. The maximum absolute atomic E-state index is 13.1. The molecule has 0 saturated carbocycles. The molecule has 2 aromatic rings. The number of nitrogens with one attached hydrogen (secondary N) is 1. The summed E-state index contributed by atoms with van der Waals surface area (Å²) in [7, 11) is 0. The summed E-state index contributed by atoms with van der Waals surface area (Å²) in [5, 5.41) is 11.3. The molecule has 3 heterocycles. The van der Waals surface area contributed by atoms with E-state index >= 15 is 0 Å². The van der Waals surface area contributed by atoms with E-state index in [1.165, 1.54) is 0 Å². The molecule has 4 rings (SSSR count). The summed E-state index contributed by atoms with van der Waals surface area (Å²) in [5.74, 6) is 0.918. The Morgan fingerprint density at radius 2 is 2.17 bits per heavy atom. The van der Waals surface area contributed by atoms with Crippen molar-refractivity contribution in [1.29, 1.82) is 0 Å². The van der Waals surface area contributed by atoms with E-state index in [1.807, 2.05) is 18.0 Å². The molecule has 1 saturated heterocycles. The average Bonchev–Trinajstić information content (AvgIpc) is 3.20. The highest BCUT2D eigenvalue weighted by atomic mass is 16.5. The van der Waals surface area contributed by atoms with Gasteiger partial charge < -0.3 is 9.42 Å². The van der Waals surface area contributed by atoms with Crippen LogP contribution >= 0.6 is 0 Å². The summed E-state index contributed by atoms with van der Waals surface area (Å²) in [5.41, 5.74) is 3.72. The molecule has 2 aromatic heterocycles. The van der Waals surface area contributed by atoms with Gasteiger partial charge >= 0.3 is 0 Å². The van der Waals surface area contributed by atoms with E-state index in [1.54, 1.807) is 0 Å². The predicted octanol–water partition coefficient (Wildman–Crippen LogP) is 2.95. The highest BCUT2D eigenvalue weighted by Crippen LogP contribution is 2.34. The number of nitrogens with zero attached hydrogens (tertiary/aromatic N) is 3. The van der Waals surface area contributed by atoms with E-state index in [9.17, 15) is 4.79 Å². The Morgan fingerprint density at radius 1 is 1.30 bits per heavy atom. The molecular formula is C17H22N4O2. The Labute approximate surface area is 135 Å². The first-order chi connectivity index (χ1) is 11.3. The Morgan fingerprint density at radius 3 is 3.00 bits per heavy atom. The van der Waals surface area contributed by atoms with Crippen LogP contribution in [0.25, 0.3) is 0 Å². The molecule has 1 amide bonds. The van der Waals surface area contributed by atoms with Gasteiger partial charge in [-0.3, -0.25) is 9.89 Å². The standard InChI is InChI=1S/C17H22N4O2/c1-11-10-18-19-15(11)13-7-4-5-9-21(13)17(22)16-12-6-2-3-8-14(12)23-20-16/h10,13H,2-9H2,1H3,(H,18,19)/t13-/m0/s1. The quantitative estimate of drug-likeness (QED) is 0.924. The Balaban J connectivity index is 1.66. The van der Waals surface area contributed by atoms with E-state index in [0.717, 1.165) is 74.1 Å². The fraction of sp³-hybridized carbons (Fsp3) is 0.588. The lowest BCUT2D eigenvalue weighted by Gasteiger charge is -2.35. The number of aromatic amines is 1. The van der Waals surface area contributed by atoms with E-state index in [4.69, 9.17) is 4.52 Å². The highest BCUT2D eigenvalue weighted by Gasteiger charge is 2.34. The summed E-state index contributed by atoms with van der Waals surface area (Å²) in [6.07, 6.45) is 8.99. The van der Waals surface area contributed by atoms with Crippen LogP contribution in [0, 0.1) is 6.92 Å². The van der Waals surface area contributed by atoms with E-state index < -0.39 is 0 Å². The number of amides is 1. The van der Waals surface area contributed by atoms with Crippen molar-refractivity contribution < 1.29 is 9.32 Å². The highest BCUT2D eigenvalue weighted by molar-refractivity contribution is 5.94. The SMILES string of the molecule is Cc1cn[nH]c1[C@@H]1CCCCN1C(=O)c1noc2c1CCCC2. The third-order valence-electron chi connectivity index (χ3n) is 5.12. The molecule has 0 bridgehead atoms. The van der Waals surface area contributed by atoms with Gasteiger partial charge in [0.15, 0.2) is 5.69 Å². The predicted molar refractivity (Wildman–Crippen MR) is 84.1 cm³/mol.